The average molecular weight is 180 g/mol. The molecule has 58 valence electrons. The molecule has 1 aromatic carbocycles. The van der Waals surface area contributed by atoms with Gasteiger partial charge in [-0.2, -0.15) is 0 Å². The molecule has 0 saturated carbocycles. The molecular weight excluding hydrogens is 168 g/mol. The first-order valence-corrected chi connectivity index (χ1v) is 3.22. The Morgan fingerprint density at radius 3 is 2.45 bits per heavy atom. The predicted octanol–water partition coefficient (Wildman–Crippen LogP) is 0.902. The Morgan fingerprint density at radius 1 is 1.27 bits per heavy atom. The van der Waals surface area contributed by atoms with Crippen molar-refractivity contribution < 1.29 is 12.7 Å². The molecular formula is C8H12CaO2. The van der Waals surface area contributed by atoms with Gasteiger partial charge in [-0.1, -0.05) is 18.2 Å². The van der Waals surface area contributed by atoms with Gasteiger partial charge in [0, 0.05) is 0 Å². The topological polar surface area (TPSA) is 29.5 Å². The van der Waals surface area contributed by atoms with Crippen molar-refractivity contribution in [3.8, 4) is 5.75 Å². The van der Waals surface area contributed by atoms with Gasteiger partial charge in [-0.3, -0.25) is 0 Å². The van der Waals surface area contributed by atoms with Crippen molar-refractivity contribution in [3.05, 3.63) is 30.3 Å². The third-order valence-corrected chi connectivity index (χ3v) is 1.10. The van der Waals surface area contributed by atoms with Gasteiger partial charge in [-0.05, 0) is 12.1 Å². The quantitative estimate of drug-likeness (QED) is 0.700. The summed E-state index contributed by atoms with van der Waals surface area (Å²) in [7, 11) is 0. The van der Waals surface area contributed by atoms with E-state index < -0.39 is 0 Å². The molecule has 0 unspecified atom stereocenters. The summed E-state index contributed by atoms with van der Waals surface area (Å²) in [5.74, 6) is 0.802. The molecule has 0 spiro atoms. The minimum atomic E-state index is 0. The van der Waals surface area contributed by atoms with E-state index in [1.54, 1.807) is 0 Å². The van der Waals surface area contributed by atoms with Crippen molar-refractivity contribution >= 4 is 37.7 Å². The molecule has 0 radical (unpaired) electrons. The number of aliphatic hydroxyl groups is 1. The van der Waals surface area contributed by atoms with Gasteiger partial charge in [0.1, 0.15) is 12.4 Å². The Labute approximate surface area is 99.2 Å². The summed E-state index contributed by atoms with van der Waals surface area (Å²) in [5.41, 5.74) is 0. The fourth-order valence-corrected chi connectivity index (χ4v) is 0.680. The Morgan fingerprint density at radius 2 is 1.91 bits per heavy atom. The second kappa shape index (κ2) is 6.92. The standard InChI is InChI=1S/C8H10O2.Ca.2H/c9-6-7-10-8-4-2-1-3-5-8;;;/h1-5,9H,6-7H2;;;/q;+2;2*-1. The van der Waals surface area contributed by atoms with Gasteiger partial charge in [0.2, 0.25) is 0 Å². The Kier molecular flexibility index (Phi) is 7.07. The van der Waals surface area contributed by atoms with E-state index in [9.17, 15) is 0 Å². The van der Waals surface area contributed by atoms with E-state index in [0.717, 1.165) is 5.75 Å². The molecule has 0 bridgehead atoms. The van der Waals surface area contributed by atoms with Crippen molar-refractivity contribution in [1.29, 1.82) is 0 Å². The normalized spacial score (nSPS) is 8.45. The molecule has 3 heteroatoms. The molecule has 1 N–H and O–H groups in total. The second-order valence-electron chi connectivity index (χ2n) is 1.89. The van der Waals surface area contributed by atoms with Crippen molar-refractivity contribution in [2.75, 3.05) is 13.2 Å². The van der Waals surface area contributed by atoms with Gasteiger partial charge in [-0.15, -0.1) is 0 Å². The zero-order valence-corrected chi connectivity index (χ0v) is 8.57. The third-order valence-electron chi connectivity index (χ3n) is 1.10. The zero-order valence-electron chi connectivity index (χ0n) is 8.36. The van der Waals surface area contributed by atoms with Gasteiger partial charge >= 0.3 is 37.7 Å². The largest absolute Gasteiger partial charge is 2.00 e. The fourth-order valence-electron chi connectivity index (χ4n) is 0.680. The molecule has 2 nitrogen and oxygen atoms in total. The fraction of sp³-hybridized carbons (Fsp3) is 0.250. The summed E-state index contributed by atoms with van der Waals surface area (Å²) >= 11 is 0. The Hall–Kier alpha value is 0.240. The zero-order chi connectivity index (χ0) is 7.23. The van der Waals surface area contributed by atoms with Crippen LogP contribution in [0.1, 0.15) is 2.85 Å². The Balaban J connectivity index is -0.000000333. The van der Waals surface area contributed by atoms with Gasteiger partial charge < -0.3 is 12.7 Å². The molecule has 0 fully saturated rings. The second-order valence-corrected chi connectivity index (χ2v) is 1.89. The number of rotatable bonds is 3. The van der Waals surface area contributed by atoms with Crippen molar-refractivity contribution in [1.82, 2.24) is 0 Å². The molecule has 0 amide bonds. The van der Waals surface area contributed by atoms with Crippen LogP contribution in [-0.4, -0.2) is 56.1 Å². The van der Waals surface area contributed by atoms with E-state index >= 15 is 0 Å². The SMILES string of the molecule is OCCOc1ccccc1.[Ca+2].[H-].[H-]. The van der Waals surface area contributed by atoms with Gasteiger partial charge in [0.05, 0.1) is 6.61 Å². The van der Waals surface area contributed by atoms with Crippen molar-refractivity contribution in [2.24, 2.45) is 0 Å². The van der Waals surface area contributed by atoms with Crippen LogP contribution in [0.4, 0.5) is 0 Å². The first kappa shape index (κ1) is 11.2. The number of para-hydroxylation sites is 1. The minimum absolute atomic E-state index is 0. The summed E-state index contributed by atoms with van der Waals surface area (Å²) in [4.78, 5) is 0. The first-order chi connectivity index (χ1) is 4.93. The van der Waals surface area contributed by atoms with Crippen molar-refractivity contribution in [2.45, 2.75) is 0 Å². The maximum atomic E-state index is 8.40. The molecule has 0 saturated heterocycles. The smallest absolute Gasteiger partial charge is 1.00 e. The molecule has 0 aliphatic rings. The molecule has 0 heterocycles. The van der Waals surface area contributed by atoms with Crippen LogP contribution in [0, 0.1) is 0 Å². The van der Waals surface area contributed by atoms with E-state index in [1.807, 2.05) is 30.3 Å². The van der Waals surface area contributed by atoms with Crippen molar-refractivity contribution in [3.63, 3.8) is 0 Å². The van der Waals surface area contributed by atoms with E-state index in [2.05, 4.69) is 0 Å². The number of benzene rings is 1. The van der Waals surface area contributed by atoms with Gasteiger partial charge in [-0.25, -0.2) is 0 Å². The van der Waals surface area contributed by atoms with Crippen LogP contribution < -0.4 is 4.74 Å². The average Bonchev–Trinajstić information content (AvgIpc) is 2.03. The summed E-state index contributed by atoms with van der Waals surface area (Å²) in [6, 6.07) is 9.43. The number of ether oxygens (including phenoxy) is 1. The number of hydrogen-bond donors (Lipinski definition) is 1. The molecule has 0 aliphatic carbocycles. The van der Waals surface area contributed by atoms with E-state index in [-0.39, 0.29) is 47.2 Å². The molecule has 0 aliphatic heterocycles. The number of aliphatic hydroxyl groups excluding tert-OH is 1. The summed E-state index contributed by atoms with van der Waals surface area (Å²) in [5, 5.41) is 8.40. The van der Waals surface area contributed by atoms with E-state index in [4.69, 9.17) is 9.84 Å². The monoisotopic (exact) mass is 180 g/mol. The molecule has 11 heavy (non-hydrogen) atoms. The summed E-state index contributed by atoms with van der Waals surface area (Å²) in [6.45, 7) is 0.429. The first-order valence-electron chi connectivity index (χ1n) is 3.22. The van der Waals surface area contributed by atoms with Crippen LogP contribution in [0.3, 0.4) is 0 Å². The minimum Gasteiger partial charge on any atom is -1.00 e. The third kappa shape index (κ3) is 4.64. The van der Waals surface area contributed by atoms with Crippen LogP contribution in [0.2, 0.25) is 0 Å². The van der Waals surface area contributed by atoms with E-state index in [0.29, 0.717) is 6.61 Å². The van der Waals surface area contributed by atoms with Crippen LogP contribution in [0.5, 0.6) is 5.75 Å². The Bertz CT molecular complexity index is 185. The van der Waals surface area contributed by atoms with Crippen LogP contribution in [0.25, 0.3) is 0 Å². The van der Waals surface area contributed by atoms with Crippen LogP contribution >= 0.6 is 0 Å². The molecule has 0 aromatic heterocycles. The molecule has 0 atom stereocenters. The number of hydrogen-bond acceptors (Lipinski definition) is 2. The molecule has 1 rings (SSSR count). The predicted molar refractivity (Wildman–Crippen MR) is 47.0 cm³/mol. The maximum Gasteiger partial charge on any atom is 2.00 e. The van der Waals surface area contributed by atoms with Crippen LogP contribution in [-0.2, 0) is 0 Å². The maximum absolute atomic E-state index is 8.40. The van der Waals surface area contributed by atoms with Gasteiger partial charge in [0.15, 0.2) is 0 Å². The summed E-state index contributed by atoms with van der Waals surface area (Å²) < 4.78 is 5.11. The van der Waals surface area contributed by atoms with Gasteiger partial charge in [0.25, 0.3) is 0 Å². The molecule has 1 aromatic rings. The summed E-state index contributed by atoms with van der Waals surface area (Å²) in [6.07, 6.45) is 0. The van der Waals surface area contributed by atoms with E-state index in [1.165, 1.54) is 0 Å². The van der Waals surface area contributed by atoms with Crippen LogP contribution in [0.15, 0.2) is 30.3 Å².